The van der Waals surface area contributed by atoms with Gasteiger partial charge in [-0.2, -0.15) is 0 Å². The molecule has 4 heteroatoms. The van der Waals surface area contributed by atoms with Crippen LogP contribution in [0.1, 0.15) is 32.8 Å². The first-order chi connectivity index (χ1) is 8.63. The molecule has 1 aromatic rings. The lowest BCUT2D eigenvalue weighted by Gasteiger charge is -2.19. The molecule has 108 valence electrons. The fraction of sp³-hybridized carbons (Fsp3) is 0.467. The van der Waals surface area contributed by atoms with Crippen LogP contribution in [0, 0.1) is 5.92 Å². The standard InChI is InChI=1S/C15H23NO2.BrH/c1-4-14(16-15(17)12(2)3)18-11-10-13-8-6-5-7-9-13;/h5-12,14-17H,4H2,1-3H3;1H/b11-10+;. The van der Waals surface area contributed by atoms with Gasteiger partial charge in [-0.3, -0.25) is 5.32 Å². The van der Waals surface area contributed by atoms with Crippen LogP contribution in [0.15, 0.2) is 36.6 Å². The van der Waals surface area contributed by atoms with Crippen molar-refractivity contribution >= 4 is 6.08 Å². The second-order valence-electron chi connectivity index (χ2n) is 4.72. The van der Waals surface area contributed by atoms with Gasteiger partial charge in [-0.25, -0.2) is 0 Å². The molecule has 2 unspecified atom stereocenters. The Morgan fingerprint density at radius 3 is 2.42 bits per heavy atom. The summed E-state index contributed by atoms with van der Waals surface area (Å²) >= 11 is 0. The fourth-order valence-corrected chi connectivity index (χ4v) is 1.50. The fourth-order valence-electron chi connectivity index (χ4n) is 1.50. The highest BCUT2D eigenvalue weighted by atomic mass is 79.9. The summed E-state index contributed by atoms with van der Waals surface area (Å²) in [6.07, 6.45) is 4.02. The highest BCUT2D eigenvalue weighted by Crippen LogP contribution is 2.02. The van der Waals surface area contributed by atoms with Crippen molar-refractivity contribution in [2.45, 2.75) is 39.6 Å². The van der Waals surface area contributed by atoms with Crippen LogP contribution in [0.5, 0.6) is 0 Å². The number of hydrogen-bond acceptors (Lipinski definition) is 2. The molecule has 1 rings (SSSR count). The predicted octanol–water partition coefficient (Wildman–Crippen LogP) is -1.05. The van der Waals surface area contributed by atoms with Gasteiger partial charge < -0.3 is 26.8 Å². The minimum atomic E-state index is -0.417. The average Bonchev–Trinajstić information content (AvgIpc) is 2.38. The molecule has 0 spiro atoms. The Hall–Kier alpha value is -0.840. The van der Waals surface area contributed by atoms with Crippen LogP contribution in [0.25, 0.3) is 6.08 Å². The van der Waals surface area contributed by atoms with Crippen molar-refractivity contribution in [1.82, 2.24) is 0 Å². The Balaban J connectivity index is 0.00000324. The molecule has 2 atom stereocenters. The highest BCUT2D eigenvalue weighted by molar-refractivity contribution is 5.47. The van der Waals surface area contributed by atoms with Crippen molar-refractivity contribution < 1.29 is 32.1 Å². The summed E-state index contributed by atoms with van der Waals surface area (Å²) in [6.45, 7) is 6.03. The number of halogens is 1. The minimum Gasteiger partial charge on any atom is -1.00 e. The molecule has 3 nitrogen and oxygen atoms in total. The summed E-state index contributed by atoms with van der Waals surface area (Å²) < 4.78 is 5.62. The third kappa shape index (κ3) is 7.35. The van der Waals surface area contributed by atoms with E-state index in [2.05, 4.69) is 0 Å². The summed E-state index contributed by atoms with van der Waals surface area (Å²) in [5.41, 5.74) is 1.11. The van der Waals surface area contributed by atoms with E-state index in [1.54, 1.807) is 6.26 Å². The zero-order valence-electron chi connectivity index (χ0n) is 11.8. The Bertz CT molecular complexity index is 354. The maximum Gasteiger partial charge on any atom is 0.231 e. The van der Waals surface area contributed by atoms with Crippen LogP contribution in [0.4, 0.5) is 0 Å². The van der Waals surface area contributed by atoms with Gasteiger partial charge >= 0.3 is 0 Å². The van der Waals surface area contributed by atoms with E-state index < -0.39 is 6.23 Å². The minimum absolute atomic E-state index is 0. The molecule has 0 saturated carbocycles. The largest absolute Gasteiger partial charge is 1.00 e. The molecule has 0 radical (unpaired) electrons. The van der Waals surface area contributed by atoms with Crippen molar-refractivity contribution in [2.75, 3.05) is 0 Å². The highest BCUT2D eigenvalue weighted by Gasteiger charge is 2.18. The van der Waals surface area contributed by atoms with Crippen molar-refractivity contribution in [3.63, 3.8) is 0 Å². The van der Waals surface area contributed by atoms with Crippen molar-refractivity contribution in [1.29, 1.82) is 0 Å². The smallest absolute Gasteiger partial charge is 0.231 e. The average molecular weight is 330 g/mol. The van der Waals surface area contributed by atoms with Gasteiger partial charge in [0.05, 0.1) is 6.26 Å². The number of aliphatic hydroxyl groups is 1. The second-order valence-corrected chi connectivity index (χ2v) is 4.72. The summed E-state index contributed by atoms with van der Waals surface area (Å²) in [6, 6.07) is 10.0. The normalized spacial score (nSPS) is 14.2. The molecular weight excluding hydrogens is 306 g/mol. The Morgan fingerprint density at radius 1 is 1.26 bits per heavy atom. The molecule has 0 bridgehead atoms. The number of aliphatic hydroxyl groups excluding tert-OH is 1. The third-order valence-corrected chi connectivity index (χ3v) is 2.81. The first-order valence-corrected chi connectivity index (χ1v) is 6.53. The first kappa shape index (κ1) is 18.2. The van der Waals surface area contributed by atoms with E-state index >= 15 is 0 Å². The molecule has 0 aliphatic rings. The summed E-state index contributed by atoms with van der Waals surface area (Å²) in [7, 11) is 0. The molecule has 0 aliphatic heterocycles. The van der Waals surface area contributed by atoms with E-state index in [9.17, 15) is 5.11 Å². The molecule has 0 fully saturated rings. The van der Waals surface area contributed by atoms with Crippen LogP contribution >= 0.6 is 0 Å². The van der Waals surface area contributed by atoms with Gasteiger partial charge in [0, 0.05) is 12.3 Å². The predicted molar refractivity (Wildman–Crippen MR) is 73.4 cm³/mol. The third-order valence-electron chi connectivity index (χ3n) is 2.81. The van der Waals surface area contributed by atoms with E-state index in [-0.39, 0.29) is 29.1 Å². The monoisotopic (exact) mass is 329 g/mol. The SMILES string of the molecule is CCC([NH2+]C(O)C(C)C)O/C=C/c1ccccc1.[Br-]. The van der Waals surface area contributed by atoms with Crippen LogP contribution in [0.3, 0.4) is 0 Å². The summed E-state index contributed by atoms with van der Waals surface area (Å²) in [4.78, 5) is 0. The van der Waals surface area contributed by atoms with Gasteiger partial charge in [-0.15, -0.1) is 0 Å². The van der Waals surface area contributed by atoms with Crippen molar-refractivity contribution in [3.8, 4) is 0 Å². The van der Waals surface area contributed by atoms with E-state index in [1.807, 2.05) is 62.5 Å². The molecule has 0 saturated heterocycles. The molecule has 3 N–H and O–H groups in total. The van der Waals surface area contributed by atoms with Crippen LogP contribution in [-0.2, 0) is 4.74 Å². The lowest BCUT2D eigenvalue weighted by Crippen LogP contribution is -3.00. The molecule has 1 aromatic carbocycles. The molecule has 19 heavy (non-hydrogen) atoms. The van der Waals surface area contributed by atoms with Gasteiger partial charge in [-0.1, -0.05) is 51.1 Å². The van der Waals surface area contributed by atoms with Crippen LogP contribution in [-0.4, -0.2) is 17.6 Å². The number of rotatable bonds is 7. The first-order valence-electron chi connectivity index (χ1n) is 6.53. The van der Waals surface area contributed by atoms with Crippen LogP contribution < -0.4 is 22.3 Å². The molecule has 0 amide bonds. The number of benzene rings is 1. The second kappa shape index (κ2) is 10.0. The molecule has 0 heterocycles. The van der Waals surface area contributed by atoms with Crippen molar-refractivity contribution in [3.05, 3.63) is 42.2 Å². The van der Waals surface area contributed by atoms with Gasteiger partial charge in [0.15, 0.2) is 6.23 Å². The number of quaternary nitrogens is 1. The lowest BCUT2D eigenvalue weighted by atomic mass is 10.2. The number of hydrogen-bond donors (Lipinski definition) is 2. The zero-order valence-corrected chi connectivity index (χ0v) is 13.4. The lowest BCUT2D eigenvalue weighted by molar-refractivity contribution is -0.786. The Labute approximate surface area is 126 Å². The zero-order chi connectivity index (χ0) is 13.4. The number of ether oxygens (including phenoxy) is 1. The van der Waals surface area contributed by atoms with Gasteiger partial charge in [0.2, 0.25) is 6.23 Å². The van der Waals surface area contributed by atoms with E-state index in [0.29, 0.717) is 0 Å². The topological polar surface area (TPSA) is 46.1 Å². The van der Waals surface area contributed by atoms with E-state index in [0.717, 1.165) is 12.0 Å². The molecule has 0 aliphatic carbocycles. The number of nitrogens with two attached hydrogens (primary N) is 1. The van der Waals surface area contributed by atoms with Gasteiger partial charge in [0.25, 0.3) is 0 Å². The Kier molecular flexibility index (Phi) is 9.57. The molecular formula is C15H24BrNO2. The van der Waals surface area contributed by atoms with E-state index in [1.165, 1.54) is 0 Å². The van der Waals surface area contributed by atoms with Crippen molar-refractivity contribution in [2.24, 2.45) is 5.92 Å². The molecule has 0 aromatic heterocycles. The van der Waals surface area contributed by atoms with Crippen LogP contribution in [0.2, 0.25) is 0 Å². The maximum atomic E-state index is 9.78. The summed E-state index contributed by atoms with van der Waals surface area (Å²) in [5.74, 6) is 0.223. The Morgan fingerprint density at radius 2 is 1.89 bits per heavy atom. The summed E-state index contributed by atoms with van der Waals surface area (Å²) in [5, 5.41) is 11.6. The van der Waals surface area contributed by atoms with Gasteiger partial charge in [-0.05, 0) is 11.6 Å². The van der Waals surface area contributed by atoms with E-state index in [4.69, 9.17) is 4.74 Å². The quantitative estimate of drug-likeness (QED) is 0.495. The van der Waals surface area contributed by atoms with Gasteiger partial charge in [0.1, 0.15) is 0 Å². The maximum absolute atomic E-state index is 9.78.